The standard InChI is InChI=1S/C24H25NO5S2/c1-5-18(23(27)28)30-19-11-10-16(12-20(19)29-6-2)13-21-22(26)25(24(31)32-21)17-9-7-8-14(3)15(17)4/h7-13,18H,5-6H2,1-4H3,(H,27,28)/b21-13+. The molecule has 1 unspecified atom stereocenters. The molecule has 0 spiro atoms. The van der Waals surface area contributed by atoms with E-state index in [1.807, 2.05) is 39.0 Å². The molecule has 2 aromatic rings. The molecule has 0 bridgehead atoms. The van der Waals surface area contributed by atoms with Gasteiger partial charge in [-0.15, -0.1) is 0 Å². The predicted octanol–water partition coefficient (Wildman–Crippen LogP) is 5.35. The van der Waals surface area contributed by atoms with Gasteiger partial charge in [0, 0.05) is 0 Å². The van der Waals surface area contributed by atoms with E-state index in [-0.39, 0.29) is 5.91 Å². The fourth-order valence-corrected chi connectivity index (χ4v) is 4.53. The van der Waals surface area contributed by atoms with Gasteiger partial charge in [0.15, 0.2) is 21.9 Å². The highest BCUT2D eigenvalue weighted by atomic mass is 32.2. The highest BCUT2D eigenvalue weighted by molar-refractivity contribution is 8.27. The molecule has 2 aromatic carbocycles. The largest absolute Gasteiger partial charge is 0.490 e. The number of nitrogens with zero attached hydrogens (tertiary/aromatic N) is 1. The number of carboxylic acid groups (broad SMARTS) is 1. The van der Waals surface area contributed by atoms with Crippen molar-refractivity contribution in [3.05, 3.63) is 58.0 Å². The molecule has 32 heavy (non-hydrogen) atoms. The molecule has 1 heterocycles. The maximum absolute atomic E-state index is 13.1. The second kappa shape index (κ2) is 10.2. The summed E-state index contributed by atoms with van der Waals surface area (Å²) in [6, 6.07) is 11.0. The molecule has 0 saturated carbocycles. The summed E-state index contributed by atoms with van der Waals surface area (Å²) in [5, 5.41) is 9.28. The Morgan fingerprint density at radius 3 is 2.62 bits per heavy atom. The van der Waals surface area contributed by atoms with Gasteiger partial charge >= 0.3 is 5.97 Å². The van der Waals surface area contributed by atoms with Crippen molar-refractivity contribution in [1.82, 2.24) is 0 Å². The van der Waals surface area contributed by atoms with Crippen LogP contribution in [-0.2, 0) is 9.59 Å². The number of aryl methyl sites for hydroxylation is 1. The van der Waals surface area contributed by atoms with Crippen molar-refractivity contribution >= 4 is 51.9 Å². The molecule has 1 amide bonds. The number of thioether (sulfide) groups is 1. The third kappa shape index (κ3) is 4.97. The topological polar surface area (TPSA) is 76.1 Å². The van der Waals surface area contributed by atoms with E-state index in [9.17, 15) is 14.7 Å². The average Bonchev–Trinajstić information content (AvgIpc) is 3.02. The highest BCUT2D eigenvalue weighted by Gasteiger charge is 2.34. The van der Waals surface area contributed by atoms with Crippen LogP contribution in [0.3, 0.4) is 0 Å². The molecule has 3 rings (SSSR count). The number of carboxylic acids is 1. The number of ether oxygens (including phenoxy) is 2. The molecule has 0 radical (unpaired) electrons. The minimum Gasteiger partial charge on any atom is -0.490 e. The van der Waals surface area contributed by atoms with Crippen LogP contribution in [0.4, 0.5) is 5.69 Å². The average molecular weight is 472 g/mol. The van der Waals surface area contributed by atoms with E-state index in [2.05, 4.69) is 0 Å². The number of carbonyl (C=O) groups is 2. The van der Waals surface area contributed by atoms with Crippen LogP contribution in [0.1, 0.15) is 37.0 Å². The Hall–Kier alpha value is -2.84. The highest BCUT2D eigenvalue weighted by Crippen LogP contribution is 2.39. The molecule has 1 N–H and O–H groups in total. The first-order chi connectivity index (χ1) is 15.3. The Kier molecular flexibility index (Phi) is 7.58. The van der Waals surface area contributed by atoms with Crippen molar-refractivity contribution in [1.29, 1.82) is 0 Å². The van der Waals surface area contributed by atoms with Crippen LogP contribution in [0.5, 0.6) is 11.5 Å². The molecular weight excluding hydrogens is 446 g/mol. The number of carbonyl (C=O) groups excluding carboxylic acids is 1. The number of hydrogen-bond donors (Lipinski definition) is 1. The molecule has 0 aliphatic carbocycles. The van der Waals surface area contributed by atoms with Crippen LogP contribution in [-0.4, -0.2) is 34.0 Å². The van der Waals surface area contributed by atoms with Crippen molar-refractivity contribution in [3.63, 3.8) is 0 Å². The fourth-order valence-electron chi connectivity index (χ4n) is 3.25. The molecule has 1 saturated heterocycles. The van der Waals surface area contributed by atoms with E-state index in [1.54, 1.807) is 36.1 Å². The van der Waals surface area contributed by atoms with E-state index in [4.69, 9.17) is 21.7 Å². The lowest BCUT2D eigenvalue weighted by molar-refractivity contribution is -0.145. The maximum Gasteiger partial charge on any atom is 0.344 e. The van der Waals surface area contributed by atoms with Crippen LogP contribution in [0.15, 0.2) is 41.3 Å². The smallest absolute Gasteiger partial charge is 0.344 e. The summed E-state index contributed by atoms with van der Waals surface area (Å²) < 4.78 is 11.8. The number of aliphatic carboxylic acids is 1. The summed E-state index contributed by atoms with van der Waals surface area (Å²) in [4.78, 5) is 26.5. The summed E-state index contributed by atoms with van der Waals surface area (Å²) in [5.74, 6) is -0.440. The molecule has 6 nitrogen and oxygen atoms in total. The molecule has 8 heteroatoms. The molecule has 0 aromatic heterocycles. The zero-order valence-electron chi connectivity index (χ0n) is 18.4. The van der Waals surface area contributed by atoms with Crippen LogP contribution >= 0.6 is 24.0 Å². The molecule has 1 aliphatic rings. The third-order valence-electron chi connectivity index (χ3n) is 5.09. The van der Waals surface area contributed by atoms with Gasteiger partial charge in [-0.1, -0.05) is 49.1 Å². The Morgan fingerprint density at radius 2 is 1.97 bits per heavy atom. The second-order valence-electron chi connectivity index (χ2n) is 7.23. The first kappa shape index (κ1) is 23.8. The van der Waals surface area contributed by atoms with E-state index in [1.165, 1.54) is 11.8 Å². The Bertz CT molecular complexity index is 1100. The Balaban J connectivity index is 1.91. The number of anilines is 1. The summed E-state index contributed by atoms with van der Waals surface area (Å²) in [7, 11) is 0. The van der Waals surface area contributed by atoms with Crippen molar-refractivity contribution < 1.29 is 24.2 Å². The Labute approximate surface area is 197 Å². The number of thiocarbonyl (C=S) groups is 1. The lowest BCUT2D eigenvalue weighted by Gasteiger charge is -2.18. The fraction of sp³-hybridized carbons (Fsp3) is 0.292. The summed E-state index contributed by atoms with van der Waals surface area (Å²) >= 11 is 6.74. The molecular formula is C24H25NO5S2. The lowest BCUT2D eigenvalue weighted by atomic mass is 10.1. The monoisotopic (exact) mass is 471 g/mol. The Morgan fingerprint density at radius 1 is 1.22 bits per heavy atom. The van der Waals surface area contributed by atoms with E-state index in [0.29, 0.717) is 33.8 Å². The minimum atomic E-state index is -1.03. The third-order valence-corrected chi connectivity index (χ3v) is 6.39. The molecule has 1 aliphatic heterocycles. The van der Waals surface area contributed by atoms with Gasteiger partial charge < -0.3 is 14.6 Å². The number of hydrogen-bond acceptors (Lipinski definition) is 6. The van der Waals surface area contributed by atoms with Gasteiger partial charge in [0.05, 0.1) is 17.2 Å². The van der Waals surface area contributed by atoms with Gasteiger partial charge in [0.25, 0.3) is 5.91 Å². The van der Waals surface area contributed by atoms with Crippen molar-refractivity contribution in [2.75, 3.05) is 11.5 Å². The van der Waals surface area contributed by atoms with Crippen LogP contribution in [0, 0.1) is 13.8 Å². The maximum atomic E-state index is 13.1. The van der Waals surface area contributed by atoms with Crippen LogP contribution in [0.2, 0.25) is 0 Å². The van der Waals surface area contributed by atoms with E-state index < -0.39 is 12.1 Å². The summed E-state index contributed by atoms with van der Waals surface area (Å²) in [5.41, 5.74) is 3.61. The second-order valence-corrected chi connectivity index (χ2v) is 8.90. The van der Waals surface area contributed by atoms with Crippen molar-refractivity contribution in [3.8, 4) is 11.5 Å². The summed E-state index contributed by atoms with van der Waals surface area (Å²) in [6.45, 7) is 7.93. The quantitative estimate of drug-likeness (QED) is 0.411. The van der Waals surface area contributed by atoms with Crippen molar-refractivity contribution in [2.45, 2.75) is 40.2 Å². The summed E-state index contributed by atoms with van der Waals surface area (Å²) in [6.07, 6.45) is 1.11. The number of amides is 1. The van der Waals surface area contributed by atoms with Crippen LogP contribution < -0.4 is 14.4 Å². The molecule has 1 atom stereocenters. The van der Waals surface area contributed by atoms with Gasteiger partial charge in [0.2, 0.25) is 0 Å². The SMILES string of the molecule is CCOc1cc(/C=C2/SC(=S)N(c3cccc(C)c3C)C2=O)ccc1OC(CC)C(=O)O. The van der Waals surface area contributed by atoms with E-state index in [0.717, 1.165) is 22.4 Å². The molecule has 168 valence electrons. The minimum absolute atomic E-state index is 0.177. The van der Waals surface area contributed by atoms with Gasteiger partial charge in [0.1, 0.15) is 0 Å². The molecule has 1 fully saturated rings. The zero-order chi connectivity index (χ0) is 23.4. The van der Waals surface area contributed by atoms with Crippen molar-refractivity contribution in [2.24, 2.45) is 0 Å². The first-order valence-corrected chi connectivity index (χ1v) is 11.5. The normalized spacial score (nSPS) is 15.9. The van der Waals surface area contributed by atoms with Crippen LogP contribution in [0.25, 0.3) is 6.08 Å². The van der Waals surface area contributed by atoms with Gasteiger partial charge in [-0.05, 0) is 68.2 Å². The van der Waals surface area contributed by atoms with E-state index >= 15 is 0 Å². The van der Waals surface area contributed by atoms with Gasteiger partial charge in [-0.25, -0.2) is 4.79 Å². The number of rotatable bonds is 8. The first-order valence-electron chi connectivity index (χ1n) is 10.3. The number of benzene rings is 2. The van der Waals surface area contributed by atoms with Gasteiger partial charge in [-0.3, -0.25) is 9.69 Å². The lowest BCUT2D eigenvalue weighted by Crippen LogP contribution is -2.28. The zero-order valence-corrected chi connectivity index (χ0v) is 20.0. The van der Waals surface area contributed by atoms with Gasteiger partial charge in [-0.2, -0.15) is 0 Å². The predicted molar refractivity (Wildman–Crippen MR) is 132 cm³/mol.